The Bertz CT molecular complexity index is 1150. The summed E-state index contributed by atoms with van der Waals surface area (Å²) in [6.07, 6.45) is 19.1. The van der Waals surface area contributed by atoms with Crippen LogP contribution in [0.25, 0.3) is 0 Å². The van der Waals surface area contributed by atoms with Gasteiger partial charge in [0.05, 0.1) is 11.6 Å². The molecule has 1 aromatic rings. The summed E-state index contributed by atoms with van der Waals surface area (Å²) in [6, 6.07) is 8.72. The van der Waals surface area contributed by atoms with E-state index in [9.17, 15) is 9.59 Å². The molecule has 0 unspecified atom stereocenters. The zero-order valence-electron chi connectivity index (χ0n) is 25.7. The molecule has 5 aliphatic rings. The summed E-state index contributed by atoms with van der Waals surface area (Å²) in [6.45, 7) is 11.6. The fourth-order valence-corrected chi connectivity index (χ4v) is 10.1. The number of carbonyl (C=O) groups excluding carboxylic acids is 2. The van der Waals surface area contributed by atoms with Crippen molar-refractivity contribution in [3.05, 3.63) is 47.5 Å². The van der Waals surface area contributed by atoms with E-state index in [-0.39, 0.29) is 28.8 Å². The van der Waals surface area contributed by atoms with Crippen LogP contribution >= 0.6 is 0 Å². The lowest BCUT2D eigenvalue weighted by Crippen LogP contribution is -2.64. The van der Waals surface area contributed by atoms with Crippen molar-refractivity contribution in [3.63, 3.8) is 0 Å². The summed E-state index contributed by atoms with van der Waals surface area (Å²) in [5.74, 6) is 1.95. The van der Waals surface area contributed by atoms with E-state index in [1.54, 1.807) is 11.0 Å². The summed E-state index contributed by atoms with van der Waals surface area (Å²) in [7, 11) is 0. The number of carbonyl (C=O) groups is 2. The van der Waals surface area contributed by atoms with E-state index in [4.69, 9.17) is 0 Å². The van der Waals surface area contributed by atoms with E-state index in [1.807, 2.05) is 0 Å². The van der Waals surface area contributed by atoms with Crippen LogP contribution in [0, 0.1) is 28.6 Å². The van der Waals surface area contributed by atoms with Gasteiger partial charge in [0, 0.05) is 11.5 Å². The number of hydrogen-bond donors (Lipinski definition) is 1. The van der Waals surface area contributed by atoms with Crippen LogP contribution in [0.1, 0.15) is 129 Å². The number of imide groups is 1. The van der Waals surface area contributed by atoms with Gasteiger partial charge in [-0.15, -0.1) is 0 Å². The third-order valence-electron chi connectivity index (χ3n) is 12.5. The molecule has 6 atom stereocenters. The minimum Gasteiger partial charge on any atom is -0.328 e. The Labute approximate surface area is 242 Å². The third kappa shape index (κ3) is 4.56. The number of hydrogen-bond acceptors (Lipinski definition) is 2. The molecule has 1 aliphatic heterocycles. The molecule has 3 amide bonds. The van der Waals surface area contributed by atoms with Crippen molar-refractivity contribution in [1.29, 1.82) is 0 Å². The van der Waals surface area contributed by atoms with Gasteiger partial charge in [0.15, 0.2) is 0 Å². The first-order chi connectivity index (χ1) is 19.0. The predicted octanol–water partition coefficient (Wildman–Crippen LogP) is 8.64. The highest BCUT2D eigenvalue weighted by atomic mass is 16.2. The highest BCUT2D eigenvalue weighted by Gasteiger charge is 2.59. The van der Waals surface area contributed by atoms with E-state index in [0.717, 1.165) is 50.4 Å². The summed E-state index contributed by atoms with van der Waals surface area (Å²) in [4.78, 5) is 29.5. The van der Waals surface area contributed by atoms with Crippen LogP contribution in [-0.2, 0) is 15.7 Å². The fraction of sp³-hybridized carbons (Fsp3) is 0.722. The number of benzene rings is 1. The predicted molar refractivity (Wildman–Crippen MR) is 162 cm³/mol. The molecular weight excluding hydrogens is 492 g/mol. The largest absolute Gasteiger partial charge is 0.328 e. The summed E-state index contributed by atoms with van der Waals surface area (Å²) < 4.78 is 0. The Kier molecular flexibility index (Phi) is 7.02. The molecule has 1 N–H and O–H groups in total. The van der Waals surface area contributed by atoms with Crippen molar-refractivity contribution >= 4 is 11.9 Å². The molecule has 0 bridgehead atoms. The third-order valence-corrected chi connectivity index (χ3v) is 12.5. The molecule has 1 heterocycles. The van der Waals surface area contributed by atoms with Gasteiger partial charge in [-0.1, -0.05) is 97.1 Å². The second-order valence-electron chi connectivity index (χ2n) is 15.7. The standard InChI is InChI=1S/C36H52N2O2/c1-33(2,3)25-12-14-26(15-13-25)36(21-8-6-7-9-22-36)37-32(40)38-30-17-16-27-28-11-10-20-34(28,4)23-18-29(27)35(30,5)24-19-31(38)39/h12-15,19,24,27-30H,6-11,16-18,20-23H2,1-5H3,(H,37,40)/t27-,28-,29-,30+,34-,35+/m0/s1. The van der Waals surface area contributed by atoms with Crippen LogP contribution in [0.3, 0.4) is 0 Å². The maximum atomic E-state index is 14.3. The zero-order valence-corrected chi connectivity index (χ0v) is 25.7. The van der Waals surface area contributed by atoms with Gasteiger partial charge in [-0.2, -0.15) is 0 Å². The first kappa shape index (κ1) is 28.0. The average Bonchev–Trinajstić information content (AvgIpc) is 3.16. The van der Waals surface area contributed by atoms with Gasteiger partial charge in [-0.05, 0) is 91.1 Å². The Morgan fingerprint density at radius 1 is 0.850 bits per heavy atom. The van der Waals surface area contributed by atoms with Crippen molar-refractivity contribution in [3.8, 4) is 0 Å². The molecule has 40 heavy (non-hydrogen) atoms. The maximum absolute atomic E-state index is 14.3. The van der Waals surface area contributed by atoms with E-state index in [0.29, 0.717) is 11.3 Å². The number of nitrogens with one attached hydrogen (secondary N) is 1. The topological polar surface area (TPSA) is 49.4 Å². The molecule has 4 heteroatoms. The van der Waals surface area contributed by atoms with E-state index >= 15 is 0 Å². The molecule has 0 saturated heterocycles. The molecule has 4 nitrogen and oxygen atoms in total. The van der Waals surface area contributed by atoms with Gasteiger partial charge in [-0.3, -0.25) is 9.69 Å². The molecule has 4 saturated carbocycles. The summed E-state index contributed by atoms with van der Waals surface area (Å²) in [5, 5.41) is 3.54. The number of nitrogens with zero attached hydrogens (tertiary/aromatic N) is 1. The number of fused-ring (bicyclic) bond motifs is 5. The number of rotatable bonds is 2. The van der Waals surface area contributed by atoms with Gasteiger partial charge < -0.3 is 5.32 Å². The minimum atomic E-state index is -0.421. The van der Waals surface area contributed by atoms with E-state index in [1.165, 1.54) is 56.1 Å². The molecule has 0 aromatic heterocycles. The zero-order chi connectivity index (χ0) is 28.3. The van der Waals surface area contributed by atoms with Crippen molar-refractivity contribution in [2.24, 2.45) is 28.6 Å². The lowest BCUT2D eigenvalue weighted by atomic mass is 9.48. The van der Waals surface area contributed by atoms with Gasteiger partial charge in [0.25, 0.3) is 5.91 Å². The van der Waals surface area contributed by atoms with Gasteiger partial charge in [-0.25, -0.2) is 4.79 Å². The molecule has 4 fully saturated rings. The summed E-state index contributed by atoms with van der Waals surface area (Å²) in [5.41, 5.74) is 2.53. The molecule has 218 valence electrons. The van der Waals surface area contributed by atoms with Crippen molar-refractivity contribution in [2.45, 2.75) is 135 Å². The van der Waals surface area contributed by atoms with Gasteiger partial charge in [0.1, 0.15) is 0 Å². The highest BCUT2D eigenvalue weighted by molar-refractivity contribution is 6.02. The lowest BCUT2D eigenvalue weighted by Gasteiger charge is -2.59. The number of amides is 3. The van der Waals surface area contributed by atoms with Crippen LogP contribution < -0.4 is 5.32 Å². The number of urea groups is 1. The average molecular weight is 545 g/mol. The molecule has 6 rings (SSSR count). The van der Waals surface area contributed by atoms with Gasteiger partial charge in [0.2, 0.25) is 0 Å². The molecule has 0 radical (unpaired) electrons. The first-order valence-corrected chi connectivity index (χ1v) is 16.4. The van der Waals surface area contributed by atoms with Crippen molar-refractivity contribution in [1.82, 2.24) is 10.2 Å². The van der Waals surface area contributed by atoms with E-state index in [2.05, 4.69) is 70.3 Å². The van der Waals surface area contributed by atoms with Crippen molar-refractivity contribution in [2.75, 3.05) is 0 Å². The highest BCUT2D eigenvalue weighted by Crippen LogP contribution is 2.64. The molecule has 0 spiro atoms. The SMILES string of the molecule is CC(C)(C)c1ccc(C2(NC(=O)N3C(=O)C=C[C@]4(C)[C@H]5CC[C@]6(C)CCC[C@H]6[C@@H]5CC[C@@H]34)CCCCCC2)cc1. The quantitative estimate of drug-likeness (QED) is 0.379. The lowest BCUT2D eigenvalue weighted by molar-refractivity contribution is -0.135. The second kappa shape index (κ2) is 10.0. The Morgan fingerprint density at radius 3 is 2.23 bits per heavy atom. The normalized spacial score (nSPS) is 37.2. The van der Waals surface area contributed by atoms with Gasteiger partial charge >= 0.3 is 6.03 Å². The van der Waals surface area contributed by atoms with Crippen LogP contribution in [0.2, 0.25) is 0 Å². The first-order valence-electron chi connectivity index (χ1n) is 16.4. The molecular formula is C36H52N2O2. The monoisotopic (exact) mass is 544 g/mol. The Balaban J connectivity index is 1.29. The van der Waals surface area contributed by atoms with E-state index < -0.39 is 5.54 Å². The second-order valence-corrected chi connectivity index (χ2v) is 15.7. The smallest absolute Gasteiger partial charge is 0.325 e. The van der Waals surface area contributed by atoms with Crippen molar-refractivity contribution < 1.29 is 9.59 Å². The Hall–Kier alpha value is -2.10. The fourth-order valence-electron chi connectivity index (χ4n) is 10.1. The van der Waals surface area contributed by atoms with Crippen LogP contribution in [-0.4, -0.2) is 22.9 Å². The van der Waals surface area contributed by atoms with Crippen LogP contribution in [0.4, 0.5) is 4.79 Å². The molecule has 4 aliphatic carbocycles. The Morgan fingerprint density at radius 2 is 1.55 bits per heavy atom. The molecule has 1 aromatic carbocycles. The maximum Gasteiger partial charge on any atom is 0.325 e. The van der Waals surface area contributed by atoms with Crippen LogP contribution in [0.15, 0.2) is 36.4 Å². The minimum absolute atomic E-state index is 0.0527. The van der Waals surface area contributed by atoms with Crippen LogP contribution in [0.5, 0.6) is 0 Å². The summed E-state index contributed by atoms with van der Waals surface area (Å²) >= 11 is 0.